The van der Waals surface area contributed by atoms with Gasteiger partial charge in [-0.05, 0) is 49.2 Å². The van der Waals surface area contributed by atoms with E-state index < -0.39 is 0 Å². The molecule has 0 aliphatic carbocycles. The molecule has 1 N–H and O–H groups in total. The molecular formula is C27H33N3O3. The highest BCUT2D eigenvalue weighted by Gasteiger charge is 2.11. The van der Waals surface area contributed by atoms with Gasteiger partial charge in [0.25, 0.3) is 5.82 Å². The first-order chi connectivity index (χ1) is 16.3. The maximum atomic E-state index is 12.1. The maximum absolute atomic E-state index is 12.1. The lowest BCUT2D eigenvalue weighted by atomic mass is 10.1. The summed E-state index contributed by atoms with van der Waals surface area (Å²) >= 11 is 0. The monoisotopic (exact) mass is 447 g/mol. The molecule has 1 aliphatic heterocycles. The second-order valence-corrected chi connectivity index (χ2v) is 8.46. The standard InChI is InChI=1S/C27H33N3O3/c31-30-17-13-26(33-22-23-9-3-1-4-10-23)20-27(30)28-14-8-18-32-25-12-7-11-24(19-25)21-29-15-5-2-6-16-29/h1,3-4,7,9-13,17,19-20,28H,2,5-6,8,14-16,18,21-22H2. The number of hydrogen-bond donors (Lipinski definition) is 1. The lowest BCUT2D eigenvalue weighted by Crippen LogP contribution is -2.30. The van der Waals surface area contributed by atoms with Crippen molar-refractivity contribution in [3.05, 3.63) is 89.3 Å². The number of piperidine rings is 1. The summed E-state index contributed by atoms with van der Waals surface area (Å²) in [5, 5.41) is 15.3. The van der Waals surface area contributed by atoms with Crippen LogP contribution in [0.2, 0.25) is 0 Å². The Morgan fingerprint density at radius 3 is 2.48 bits per heavy atom. The van der Waals surface area contributed by atoms with Crippen LogP contribution in [0.5, 0.6) is 11.5 Å². The molecule has 0 atom stereocenters. The fraction of sp³-hybridized carbons (Fsp3) is 0.370. The zero-order valence-electron chi connectivity index (χ0n) is 19.1. The number of hydrogen-bond acceptors (Lipinski definition) is 5. The molecule has 174 valence electrons. The molecule has 0 unspecified atom stereocenters. The van der Waals surface area contributed by atoms with Gasteiger partial charge in [-0.3, -0.25) is 10.2 Å². The Morgan fingerprint density at radius 2 is 1.64 bits per heavy atom. The lowest BCUT2D eigenvalue weighted by Gasteiger charge is -2.26. The lowest BCUT2D eigenvalue weighted by molar-refractivity contribution is -0.590. The molecule has 0 amide bonds. The van der Waals surface area contributed by atoms with Crippen molar-refractivity contribution in [2.75, 3.05) is 31.6 Å². The number of benzene rings is 2. The molecule has 6 nitrogen and oxygen atoms in total. The van der Waals surface area contributed by atoms with Crippen molar-refractivity contribution in [3.8, 4) is 11.5 Å². The Hall–Kier alpha value is -3.25. The van der Waals surface area contributed by atoms with Gasteiger partial charge in [-0.15, -0.1) is 0 Å². The summed E-state index contributed by atoms with van der Waals surface area (Å²) in [5.74, 6) is 2.04. The van der Waals surface area contributed by atoms with Crippen molar-refractivity contribution in [2.45, 2.75) is 38.8 Å². The van der Waals surface area contributed by atoms with Crippen LogP contribution in [0.25, 0.3) is 0 Å². The summed E-state index contributed by atoms with van der Waals surface area (Å²) in [7, 11) is 0. The fourth-order valence-electron chi connectivity index (χ4n) is 4.02. The molecule has 1 fully saturated rings. The van der Waals surface area contributed by atoms with E-state index in [1.807, 2.05) is 36.4 Å². The molecule has 33 heavy (non-hydrogen) atoms. The average Bonchev–Trinajstić information content (AvgIpc) is 2.85. The van der Waals surface area contributed by atoms with E-state index in [0.717, 1.165) is 29.0 Å². The quantitative estimate of drug-likeness (QED) is 0.261. The molecule has 2 heterocycles. The van der Waals surface area contributed by atoms with E-state index in [4.69, 9.17) is 9.47 Å². The number of nitrogens with one attached hydrogen (secondary N) is 1. The zero-order valence-corrected chi connectivity index (χ0v) is 19.1. The van der Waals surface area contributed by atoms with Crippen LogP contribution in [0.4, 0.5) is 5.82 Å². The third-order valence-electron chi connectivity index (χ3n) is 5.79. The highest BCUT2D eigenvalue weighted by Crippen LogP contribution is 2.18. The summed E-state index contributed by atoms with van der Waals surface area (Å²) < 4.78 is 12.6. The van der Waals surface area contributed by atoms with Gasteiger partial charge in [-0.1, -0.05) is 48.9 Å². The van der Waals surface area contributed by atoms with E-state index in [1.54, 1.807) is 12.1 Å². The predicted octanol–water partition coefficient (Wildman–Crippen LogP) is 4.77. The second kappa shape index (κ2) is 12.1. The van der Waals surface area contributed by atoms with Crippen LogP contribution in [0.3, 0.4) is 0 Å². The van der Waals surface area contributed by atoms with Crippen LogP contribution < -0.4 is 19.5 Å². The van der Waals surface area contributed by atoms with Crippen LogP contribution in [-0.4, -0.2) is 31.1 Å². The minimum absolute atomic E-state index is 0.466. The van der Waals surface area contributed by atoms with Gasteiger partial charge in [0.15, 0.2) is 0 Å². The number of ether oxygens (including phenoxy) is 2. The SMILES string of the molecule is [O-][n+]1ccc(OCc2ccccc2)cc1NCCCOc1cccc(CN2CCCCC2)c1. The number of rotatable bonds is 11. The van der Waals surface area contributed by atoms with Crippen molar-refractivity contribution in [1.29, 1.82) is 0 Å². The van der Waals surface area contributed by atoms with E-state index in [1.165, 1.54) is 44.1 Å². The van der Waals surface area contributed by atoms with Crippen molar-refractivity contribution in [2.24, 2.45) is 0 Å². The van der Waals surface area contributed by atoms with Gasteiger partial charge in [-0.25, -0.2) is 4.73 Å². The van der Waals surface area contributed by atoms with Gasteiger partial charge in [-0.2, -0.15) is 0 Å². The van der Waals surface area contributed by atoms with Crippen molar-refractivity contribution < 1.29 is 14.2 Å². The van der Waals surface area contributed by atoms with E-state index in [2.05, 4.69) is 28.4 Å². The van der Waals surface area contributed by atoms with Gasteiger partial charge >= 0.3 is 0 Å². The first-order valence-corrected chi connectivity index (χ1v) is 11.8. The Morgan fingerprint density at radius 1 is 0.848 bits per heavy atom. The van der Waals surface area contributed by atoms with E-state index in [0.29, 0.717) is 31.3 Å². The molecule has 0 bridgehead atoms. The molecule has 0 saturated carbocycles. The molecule has 2 aromatic carbocycles. The van der Waals surface area contributed by atoms with Crippen LogP contribution >= 0.6 is 0 Å². The van der Waals surface area contributed by atoms with Crippen LogP contribution in [-0.2, 0) is 13.2 Å². The van der Waals surface area contributed by atoms with Crippen molar-refractivity contribution >= 4 is 5.82 Å². The van der Waals surface area contributed by atoms with Crippen molar-refractivity contribution in [3.63, 3.8) is 0 Å². The molecule has 0 radical (unpaired) electrons. The maximum Gasteiger partial charge on any atom is 0.281 e. The third-order valence-corrected chi connectivity index (χ3v) is 5.79. The molecule has 1 saturated heterocycles. The number of pyridine rings is 1. The second-order valence-electron chi connectivity index (χ2n) is 8.46. The number of likely N-dealkylation sites (tertiary alicyclic amines) is 1. The summed E-state index contributed by atoms with van der Waals surface area (Å²) in [6.45, 7) is 5.06. The molecule has 3 aromatic rings. The Bertz CT molecular complexity index is 991. The highest BCUT2D eigenvalue weighted by atomic mass is 16.5. The predicted molar refractivity (Wildman–Crippen MR) is 130 cm³/mol. The van der Waals surface area contributed by atoms with Gasteiger partial charge in [0.2, 0.25) is 0 Å². The van der Waals surface area contributed by atoms with Gasteiger partial charge < -0.3 is 14.7 Å². The Labute approximate surface area is 196 Å². The number of anilines is 1. The molecule has 4 rings (SSSR count). The average molecular weight is 448 g/mol. The molecule has 6 heteroatoms. The molecule has 0 spiro atoms. The fourth-order valence-corrected chi connectivity index (χ4v) is 4.02. The molecular weight excluding hydrogens is 414 g/mol. The van der Waals surface area contributed by atoms with Gasteiger partial charge in [0, 0.05) is 19.0 Å². The largest absolute Gasteiger partial charge is 0.711 e. The first kappa shape index (κ1) is 22.9. The number of nitrogens with zero attached hydrogens (tertiary/aromatic N) is 2. The normalized spacial score (nSPS) is 14.1. The number of aromatic nitrogens is 1. The minimum atomic E-state index is 0.466. The van der Waals surface area contributed by atoms with Crippen molar-refractivity contribution in [1.82, 2.24) is 4.90 Å². The topological polar surface area (TPSA) is 60.7 Å². The van der Waals surface area contributed by atoms with Gasteiger partial charge in [0.05, 0.1) is 25.4 Å². The highest BCUT2D eigenvalue weighted by molar-refractivity contribution is 5.36. The smallest absolute Gasteiger partial charge is 0.281 e. The summed E-state index contributed by atoms with van der Waals surface area (Å²) in [4.78, 5) is 2.52. The summed E-state index contributed by atoms with van der Waals surface area (Å²) in [6, 6.07) is 21.8. The Balaban J connectivity index is 1.19. The van der Waals surface area contributed by atoms with Crippen LogP contribution in [0, 0.1) is 5.21 Å². The van der Waals surface area contributed by atoms with E-state index in [9.17, 15) is 5.21 Å². The summed E-state index contributed by atoms with van der Waals surface area (Å²) in [5.41, 5.74) is 2.38. The van der Waals surface area contributed by atoms with Gasteiger partial charge in [0.1, 0.15) is 18.1 Å². The minimum Gasteiger partial charge on any atom is -0.711 e. The van der Waals surface area contributed by atoms with E-state index in [-0.39, 0.29) is 0 Å². The van der Waals surface area contributed by atoms with E-state index >= 15 is 0 Å². The zero-order chi connectivity index (χ0) is 22.7. The first-order valence-electron chi connectivity index (χ1n) is 11.8. The van der Waals surface area contributed by atoms with Crippen LogP contribution in [0.1, 0.15) is 36.8 Å². The summed E-state index contributed by atoms with van der Waals surface area (Å²) in [6.07, 6.45) is 6.20. The Kier molecular flexibility index (Phi) is 8.42. The van der Waals surface area contributed by atoms with Crippen LogP contribution in [0.15, 0.2) is 72.9 Å². The third kappa shape index (κ3) is 7.39. The molecule has 1 aliphatic rings. The molecule has 1 aromatic heterocycles.